The molecule has 0 saturated heterocycles. The first-order chi connectivity index (χ1) is 9.67. The van der Waals surface area contributed by atoms with Crippen LogP contribution in [0.2, 0.25) is 5.02 Å². The fraction of sp³-hybridized carbons (Fsp3) is 0.438. The van der Waals surface area contributed by atoms with E-state index in [1.54, 1.807) is 0 Å². The number of nitrogens with zero attached hydrogens (tertiary/aromatic N) is 2. The number of ether oxygens (including phenoxy) is 1. The van der Waals surface area contributed by atoms with E-state index in [1.807, 2.05) is 30.5 Å². The molecule has 0 aliphatic carbocycles. The fourth-order valence-corrected chi connectivity index (χ4v) is 2.01. The second-order valence-corrected chi connectivity index (χ2v) is 5.68. The van der Waals surface area contributed by atoms with Crippen molar-refractivity contribution in [1.82, 2.24) is 4.57 Å². The van der Waals surface area contributed by atoms with E-state index in [0.717, 1.165) is 24.6 Å². The van der Waals surface area contributed by atoms with Crippen molar-refractivity contribution in [3.05, 3.63) is 53.6 Å². The van der Waals surface area contributed by atoms with Gasteiger partial charge in [-0.15, -0.1) is 0 Å². The maximum Gasteiger partial charge on any atom is 0.245 e. The second-order valence-electron chi connectivity index (χ2n) is 5.24. The van der Waals surface area contributed by atoms with Crippen molar-refractivity contribution in [2.45, 2.75) is 33.5 Å². The van der Waals surface area contributed by atoms with Gasteiger partial charge < -0.3 is 4.74 Å². The summed E-state index contributed by atoms with van der Waals surface area (Å²) in [6.45, 7) is 6.65. The van der Waals surface area contributed by atoms with Crippen molar-refractivity contribution >= 4 is 11.6 Å². The van der Waals surface area contributed by atoms with Crippen molar-refractivity contribution in [3.63, 3.8) is 0 Å². The molecule has 0 aliphatic heterocycles. The van der Waals surface area contributed by atoms with E-state index in [9.17, 15) is 0 Å². The summed E-state index contributed by atoms with van der Waals surface area (Å²) in [5.41, 5.74) is 1.23. The molecular formula is C16H22ClN2O+. The van der Waals surface area contributed by atoms with Gasteiger partial charge in [0.25, 0.3) is 0 Å². The average Bonchev–Trinajstić information content (AvgIpc) is 2.89. The number of hydrogen-bond acceptors (Lipinski definition) is 1. The summed E-state index contributed by atoms with van der Waals surface area (Å²) in [5.74, 6) is 0.617. The van der Waals surface area contributed by atoms with Crippen LogP contribution in [0.15, 0.2) is 43.0 Å². The quantitative estimate of drug-likeness (QED) is 0.715. The third-order valence-electron chi connectivity index (χ3n) is 3.36. The first kappa shape index (κ1) is 15.1. The number of aromatic nitrogens is 2. The Bertz CT molecular complexity index is 522. The summed E-state index contributed by atoms with van der Waals surface area (Å²) < 4.78 is 9.87. The van der Waals surface area contributed by atoms with Crippen LogP contribution in [-0.4, -0.2) is 11.2 Å². The van der Waals surface area contributed by atoms with Gasteiger partial charge in [0.2, 0.25) is 6.33 Å². The van der Waals surface area contributed by atoms with Crippen molar-refractivity contribution in [2.24, 2.45) is 5.92 Å². The van der Waals surface area contributed by atoms with Gasteiger partial charge in [-0.3, -0.25) is 0 Å². The highest BCUT2D eigenvalue weighted by molar-refractivity contribution is 6.30. The fourth-order valence-electron chi connectivity index (χ4n) is 1.89. The molecule has 2 rings (SSSR count). The van der Waals surface area contributed by atoms with Gasteiger partial charge in [-0.25, -0.2) is 9.13 Å². The third-order valence-corrected chi connectivity index (χ3v) is 3.62. The molecule has 1 heterocycles. The molecule has 0 unspecified atom stereocenters. The topological polar surface area (TPSA) is 18.0 Å². The Kier molecular flexibility index (Phi) is 5.62. The molecule has 20 heavy (non-hydrogen) atoms. The van der Waals surface area contributed by atoms with Crippen molar-refractivity contribution in [3.8, 4) is 0 Å². The van der Waals surface area contributed by atoms with E-state index in [-0.39, 0.29) is 0 Å². The molecule has 1 aromatic carbocycles. The van der Waals surface area contributed by atoms with Gasteiger partial charge in [-0.1, -0.05) is 44.0 Å². The van der Waals surface area contributed by atoms with Crippen LogP contribution in [0.25, 0.3) is 0 Å². The minimum Gasteiger partial charge on any atom is -0.341 e. The summed E-state index contributed by atoms with van der Waals surface area (Å²) in [4.78, 5) is 0. The van der Waals surface area contributed by atoms with Crippen LogP contribution in [0.3, 0.4) is 0 Å². The molecule has 0 amide bonds. The zero-order valence-electron chi connectivity index (χ0n) is 12.1. The minimum atomic E-state index is 0.609. The van der Waals surface area contributed by atoms with E-state index in [4.69, 9.17) is 16.3 Å². The van der Waals surface area contributed by atoms with Crippen LogP contribution in [0.5, 0.6) is 0 Å². The molecule has 3 nitrogen and oxygen atoms in total. The number of halogens is 1. The van der Waals surface area contributed by atoms with Crippen LogP contribution >= 0.6 is 11.6 Å². The number of rotatable bonds is 7. The van der Waals surface area contributed by atoms with E-state index in [2.05, 4.69) is 35.5 Å². The van der Waals surface area contributed by atoms with Gasteiger partial charge >= 0.3 is 0 Å². The van der Waals surface area contributed by atoms with Gasteiger partial charge in [0.1, 0.15) is 18.9 Å². The molecule has 2 aromatic rings. The SMILES string of the molecule is CC[C@H](C)COCn1cc[n+](Cc2ccc(Cl)cc2)c1. The molecule has 108 valence electrons. The summed E-state index contributed by atoms with van der Waals surface area (Å²) in [6.07, 6.45) is 7.31. The van der Waals surface area contributed by atoms with E-state index in [0.29, 0.717) is 12.6 Å². The molecule has 0 spiro atoms. The zero-order chi connectivity index (χ0) is 14.4. The third kappa shape index (κ3) is 4.66. The summed E-state index contributed by atoms with van der Waals surface area (Å²) >= 11 is 5.89. The van der Waals surface area contributed by atoms with Gasteiger partial charge in [0, 0.05) is 5.02 Å². The highest BCUT2D eigenvalue weighted by atomic mass is 35.5. The van der Waals surface area contributed by atoms with Crippen molar-refractivity contribution in [2.75, 3.05) is 6.61 Å². The second kappa shape index (κ2) is 7.46. The molecule has 0 saturated carbocycles. The normalized spacial score (nSPS) is 12.6. The monoisotopic (exact) mass is 293 g/mol. The Morgan fingerprint density at radius 3 is 2.75 bits per heavy atom. The first-order valence-electron chi connectivity index (χ1n) is 7.04. The molecule has 1 atom stereocenters. The first-order valence-corrected chi connectivity index (χ1v) is 7.42. The Balaban J connectivity index is 1.84. The Morgan fingerprint density at radius 1 is 1.30 bits per heavy atom. The summed E-state index contributed by atoms with van der Waals surface area (Å²) in [6, 6.07) is 7.94. The Morgan fingerprint density at radius 2 is 2.05 bits per heavy atom. The summed E-state index contributed by atoms with van der Waals surface area (Å²) in [7, 11) is 0. The number of hydrogen-bond donors (Lipinski definition) is 0. The van der Waals surface area contributed by atoms with Crippen molar-refractivity contribution in [1.29, 1.82) is 0 Å². The van der Waals surface area contributed by atoms with Crippen LogP contribution in [0.1, 0.15) is 25.8 Å². The zero-order valence-corrected chi connectivity index (χ0v) is 12.9. The van der Waals surface area contributed by atoms with Crippen molar-refractivity contribution < 1.29 is 9.30 Å². The van der Waals surface area contributed by atoms with Gasteiger partial charge in [0.05, 0.1) is 6.61 Å². The highest BCUT2D eigenvalue weighted by Crippen LogP contribution is 2.09. The van der Waals surface area contributed by atoms with Gasteiger partial charge in [-0.05, 0) is 23.6 Å². The molecular weight excluding hydrogens is 272 g/mol. The largest absolute Gasteiger partial charge is 0.341 e. The lowest BCUT2D eigenvalue weighted by molar-refractivity contribution is -0.688. The average molecular weight is 294 g/mol. The van der Waals surface area contributed by atoms with Gasteiger partial charge in [-0.2, -0.15) is 0 Å². The molecule has 1 aromatic heterocycles. The number of benzene rings is 1. The lowest BCUT2D eigenvalue weighted by Gasteiger charge is -2.07. The standard InChI is InChI=1S/C16H22ClN2O/c1-3-14(2)11-20-13-19-9-8-18(12-19)10-15-4-6-16(17)7-5-15/h4-9,12,14H,3,10-11,13H2,1-2H3/q+1/t14-/m0/s1. The predicted molar refractivity (Wildman–Crippen MR) is 80.6 cm³/mol. The molecule has 0 N–H and O–H groups in total. The van der Waals surface area contributed by atoms with Crippen LogP contribution in [0.4, 0.5) is 0 Å². The number of imidazole rings is 1. The lowest BCUT2D eigenvalue weighted by atomic mass is 10.1. The van der Waals surface area contributed by atoms with Gasteiger partial charge in [0.15, 0.2) is 6.73 Å². The molecule has 0 fully saturated rings. The maximum absolute atomic E-state index is 5.89. The van der Waals surface area contributed by atoms with E-state index in [1.165, 1.54) is 5.56 Å². The summed E-state index contributed by atoms with van der Waals surface area (Å²) in [5, 5.41) is 0.773. The molecule has 0 aliphatic rings. The van der Waals surface area contributed by atoms with E-state index < -0.39 is 0 Å². The van der Waals surface area contributed by atoms with Crippen LogP contribution < -0.4 is 4.57 Å². The smallest absolute Gasteiger partial charge is 0.245 e. The van der Waals surface area contributed by atoms with Crippen LogP contribution in [0, 0.1) is 5.92 Å². The lowest BCUT2D eigenvalue weighted by Crippen LogP contribution is -2.31. The molecule has 4 heteroatoms. The molecule has 0 radical (unpaired) electrons. The highest BCUT2D eigenvalue weighted by Gasteiger charge is 2.06. The Hall–Kier alpha value is -1.32. The maximum atomic E-state index is 5.89. The van der Waals surface area contributed by atoms with Crippen LogP contribution in [-0.2, 0) is 18.0 Å². The predicted octanol–water partition coefficient (Wildman–Crippen LogP) is 3.50. The minimum absolute atomic E-state index is 0.609. The Labute approximate surface area is 125 Å². The molecule has 0 bridgehead atoms. The van der Waals surface area contributed by atoms with E-state index >= 15 is 0 Å².